The van der Waals surface area contributed by atoms with Crippen LogP contribution >= 0.6 is 79.4 Å². The van der Waals surface area contributed by atoms with Gasteiger partial charge in [0.1, 0.15) is 8.64 Å². The van der Waals surface area contributed by atoms with Crippen LogP contribution in [0.4, 0.5) is 0 Å². The third-order valence-electron chi connectivity index (χ3n) is 4.54. The maximum atomic E-state index is 5.74. The molecule has 0 heterocycles. The minimum Gasteiger partial charge on any atom is -0.357 e. The molecule has 0 bridgehead atoms. The van der Waals surface area contributed by atoms with Gasteiger partial charge < -0.3 is 9.80 Å². The standard InChI is InChI=1S/C22H44N2S7/c1-7-11-15-23(16-12-8-2)21(25)30-28-19(5)27-20(6)29-31-22(26)24(17-13-9-3)18-14-10-4/h19-20H,7-18H2,1-6H3. The van der Waals surface area contributed by atoms with E-state index < -0.39 is 0 Å². The SMILES string of the molecule is CCCCN(CCCC)C(=S)SSC(C)SC(C)SSC(=S)N(CCCC)CCCC. The molecule has 0 aromatic heterocycles. The summed E-state index contributed by atoms with van der Waals surface area (Å²) in [5.74, 6) is 0. The van der Waals surface area contributed by atoms with E-state index in [1.807, 2.05) is 33.3 Å². The Balaban J connectivity index is 4.34. The topological polar surface area (TPSA) is 6.48 Å². The van der Waals surface area contributed by atoms with Crippen molar-refractivity contribution < 1.29 is 0 Å². The van der Waals surface area contributed by atoms with E-state index in [0.717, 1.165) is 34.8 Å². The molecule has 0 aliphatic rings. The zero-order chi connectivity index (χ0) is 23.5. The third kappa shape index (κ3) is 17.6. The highest BCUT2D eigenvalue weighted by Gasteiger charge is 2.17. The van der Waals surface area contributed by atoms with Crippen molar-refractivity contribution in [1.82, 2.24) is 9.80 Å². The minimum absolute atomic E-state index is 0.495. The lowest BCUT2D eigenvalue weighted by Gasteiger charge is -2.26. The summed E-state index contributed by atoms with van der Waals surface area (Å²) < 4.78 is 3.10. The predicted molar refractivity (Wildman–Crippen MR) is 165 cm³/mol. The number of hydrogen-bond donors (Lipinski definition) is 0. The molecule has 0 rings (SSSR count). The molecule has 0 radical (unpaired) electrons. The van der Waals surface area contributed by atoms with Gasteiger partial charge in [-0.2, -0.15) is 0 Å². The van der Waals surface area contributed by atoms with Crippen LogP contribution in [0.15, 0.2) is 0 Å². The lowest BCUT2D eigenvalue weighted by atomic mass is 10.3. The van der Waals surface area contributed by atoms with Crippen LogP contribution in [0.25, 0.3) is 0 Å². The van der Waals surface area contributed by atoms with Crippen LogP contribution in [0.1, 0.15) is 92.9 Å². The molecule has 0 amide bonds. The van der Waals surface area contributed by atoms with E-state index in [1.54, 1.807) is 21.6 Å². The lowest BCUT2D eigenvalue weighted by Crippen LogP contribution is -2.29. The molecular formula is C22H44N2S7. The quantitative estimate of drug-likeness (QED) is 0.0910. The van der Waals surface area contributed by atoms with Crippen molar-refractivity contribution in [3.8, 4) is 0 Å². The van der Waals surface area contributed by atoms with E-state index in [2.05, 4.69) is 51.3 Å². The third-order valence-corrected chi connectivity index (χ3v) is 13.7. The zero-order valence-electron chi connectivity index (χ0n) is 20.4. The van der Waals surface area contributed by atoms with Gasteiger partial charge in [-0.1, -0.05) is 99.4 Å². The van der Waals surface area contributed by atoms with Gasteiger partial charge in [0.05, 0.1) is 9.16 Å². The van der Waals surface area contributed by atoms with Gasteiger partial charge in [0, 0.05) is 26.2 Å². The molecule has 2 unspecified atom stereocenters. The van der Waals surface area contributed by atoms with Gasteiger partial charge in [-0.05, 0) is 61.1 Å². The van der Waals surface area contributed by atoms with Gasteiger partial charge in [-0.15, -0.1) is 11.8 Å². The molecule has 184 valence electrons. The average Bonchev–Trinajstić information content (AvgIpc) is 2.76. The maximum Gasteiger partial charge on any atom is 0.147 e. The summed E-state index contributed by atoms with van der Waals surface area (Å²) in [7, 11) is 7.38. The van der Waals surface area contributed by atoms with Gasteiger partial charge >= 0.3 is 0 Å². The fourth-order valence-electron chi connectivity index (χ4n) is 2.62. The summed E-state index contributed by atoms with van der Waals surface area (Å²) in [5.41, 5.74) is 0. The molecule has 9 heteroatoms. The first kappa shape index (κ1) is 32.5. The monoisotopic (exact) mass is 560 g/mol. The summed E-state index contributed by atoms with van der Waals surface area (Å²) in [6, 6.07) is 0. The highest BCUT2D eigenvalue weighted by Crippen LogP contribution is 2.43. The van der Waals surface area contributed by atoms with Gasteiger partial charge in [0.2, 0.25) is 0 Å². The molecule has 0 fully saturated rings. The second-order valence-electron chi connectivity index (χ2n) is 7.55. The predicted octanol–water partition coefficient (Wildman–Crippen LogP) is 9.55. The Kier molecular flexibility index (Phi) is 23.1. The molecule has 0 spiro atoms. The van der Waals surface area contributed by atoms with Gasteiger partial charge in [0.25, 0.3) is 0 Å². The summed E-state index contributed by atoms with van der Waals surface area (Å²) >= 11 is 13.5. The summed E-state index contributed by atoms with van der Waals surface area (Å²) in [5, 5.41) is 0. The minimum atomic E-state index is 0.495. The van der Waals surface area contributed by atoms with E-state index in [1.165, 1.54) is 51.4 Å². The van der Waals surface area contributed by atoms with Crippen molar-refractivity contribution in [3.63, 3.8) is 0 Å². The molecule has 31 heavy (non-hydrogen) atoms. The molecule has 0 aromatic rings. The summed E-state index contributed by atoms with van der Waals surface area (Å²) in [6.07, 6.45) is 9.76. The van der Waals surface area contributed by atoms with Gasteiger partial charge in [-0.3, -0.25) is 0 Å². The Morgan fingerprint density at radius 2 is 0.903 bits per heavy atom. The van der Waals surface area contributed by atoms with Gasteiger partial charge in [-0.25, -0.2) is 0 Å². The highest BCUT2D eigenvalue weighted by atomic mass is 33.1. The number of rotatable bonds is 18. The van der Waals surface area contributed by atoms with E-state index in [0.29, 0.717) is 9.16 Å². The van der Waals surface area contributed by atoms with Crippen LogP contribution in [0, 0.1) is 0 Å². The average molecular weight is 561 g/mol. The second kappa shape index (κ2) is 22.0. The van der Waals surface area contributed by atoms with Crippen LogP contribution in [-0.4, -0.2) is 53.8 Å². The molecule has 0 saturated heterocycles. The lowest BCUT2D eigenvalue weighted by molar-refractivity contribution is 0.411. The summed E-state index contributed by atoms with van der Waals surface area (Å²) in [4.78, 5) is 4.82. The van der Waals surface area contributed by atoms with E-state index in [4.69, 9.17) is 24.4 Å². The number of nitrogens with zero attached hydrogens (tertiary/aromatic N) is 2. The molecule has 0 saturated carbocycles. The van der Waals surface area contributed by atoms with Crippen LogP contribution in [0.2, 0.25) is 0 Å². The molecule has 2 atom stereocenters. The highest BCUT2D eigenvalue weighted by molar-refractivity contribution is 8.86. The molecule has 0 aliphatic heterocycles. The largest absolute Gasteiger partial charge is 0.357 e. The van der Waals surface area contributed by atoms with Crippen LogP contribution in [0.5, 0.6) is 0 Å². The van der Waals surface area contributed by atoms with Crippen molar-refractivity contribution in [3.05, 3.63) is 0 Å². The normalized spacial score (nSPS) is 13.1. The number of unbranched alkanes of at least 4 members (excludes halogenated alkanes) is 4. The fraction of sp³-hybridized carbons (Fsp3) is 0.909. The van der Waals surface area contributed by atoms with Crippen molar-refractivity contribution >= 4 is 88.0 Å². The van der Waals surface area contributed by atoms with E-state index in [-0.39, 0.29) is 0 Å². The fourth-order valence-corrected chi connectivity index (χ4v) is 10.3. The van der Waals surface area contributed by atoms with Crippen molar-refractivity contribution in [2.24, 2.45) is 0 Å². The van der Waals surface area contributed by atoms with E-state index in [9.17, 15) is 0 Å². The molecule has 0 N–H and O–H groups in total. The Labute approximate surface area is 224 Å². The molecule has 0 aromatic carbocycles. The molecular weight excluding hydrogens is 517 g/mol. The zero-order valence-corrected chi connectivity index (χ0v) is 26.1. The Morgan fingerprint density at radius 3 is 1.16 bits per heavy atom. The van der Waals surface area contributed by atoms with Crippen LogP contribution in [-0.2, 0) is 0 Å². The molecule has 0 aliphatic carbocycles. The molecule has 2 nitrogen and oxygen atoms in total. The maximum absolute atomic E-state index is 5.74. The number of thioether (sulfide) groups is 1. The first-order valence-corrected chi connectivity index (χ1v) is 18.0. The number of hydrogen-bond acceptors (Lipinski definition) is 7. The Bertz CT molecular complexity index is 409. The van der Waals surface area contributed by atoms with E-state index >= 15 is 0 Å². The van der Waals surface area contributed by atoms with Crippen molar-refractivity contribution in [2.75, 3.05) is 26.2 Å². The van der Waals surface area contributed by atoms with Crippen molar-refractivity contribution in [2.45, 2.75) is 102 Å². The Morgan fingerprint density at radius 1 is 0.613 bits per heavy atom. The smallest absolute Gasteiger partial charge is 0.147 e. The second-order valence-corrected chi connectivity index (χ2v) is 16.2. The first-order valence-electron chi connectivity index (χ1n) is 11.8. The first-order chi connectivity index (χ1) is 14.9. The van der Waals surface area contributed by atoms with Crippen LogP contribution < -0.4 is 0 Å². The summed E-state index contributed by atoms with van der Waals surface area (Å²) in [6.45, 7) is 18.0. The number of thiocarbonyl (C=S) groups is 2. The van der Waals surface area contributed by atoms with Gasteiger partial charge in [0.15, 0.2) is 0 Å². The Hall–Kier alpha value is 1.53. The van der Waals surface area contributed by atoms with Crippen LogP contribution in [0.3, 0.4) is 0 Å². The van der Waals surface area contributed by atoms with Crippen molar-refractivity contribution in [1.29, 1.82) is 0 Å².